The second-order valence-electron chi connectivity index (χ2n) is 4.85. The Balaban J connectivity index is 2.13. The molecule has 1 N–H and O–H groups in total. The molecule has 90 valence electrons. The lowest BCUT2D eigenvalue weighted by Gasteiger charge is -2.22. The van der Waals surface area contributed by atoms with Crippen molar-refractivity contribution in [1.29, 1.82) is 0 Å². The number of nitrogens with one attached hydrogen (secondary N) is 1. The molecule has 0 bridgehead atoms. The van der Waals surface area contributed by atoms with Crippen molar-refractivity contribution >= 4 is 21.4 Å². The minimum Gasteiger partial charge on any atom is -0.495 e. The van der Waals surface area contributed by atoms with Gasteiger partial charge in [0.2, 0.25) is 0 Å². The van der Waals surface area contributed by atoms with Crippen molar-refractivity contribution in [2.75, 3.05) is 13.7 Å². The summed E-state index contributed by atoms with van der Waals surface area (Å²) in [4.78, 5) is 1.43. The Morgan fingerprint density at radius 1 is 1.41 bits per heavy atom. The van der Waals surface area contributed by atoms with Gasteiger partial charge in [-0.25, -0.2) is 0 Å². The fourth-order valence-electron chi connectivity index (χ4n) is 2.57. The fourth-order valence-corrected chi connectivity index (χ4v) is 3.88. The second kappa shape index (κ2) is 4.00. The monoisotopic (exact) mass is 247 g/mol. The molecule has 2 heterocycles. The molecule has 3 rings (SSSR count). The van der Waals surface area contributed by atoms with Gasteiger partial charge < -0.3 is 10.1 Å². The van der Waals surface area contributed by atoms with Crippen LogP contribution in [0.3, 0.4) is 0 Å². The highest BCUT2D eigenvalue weighted by molar-refractivity contribution is 7.19. The van der Waals surface area contributed by atoms with Gasteiger partial charge in [-0.2, -0.15) is 0 Å². The average molecular weight is 247 g/mol. The standard InChI is InChI=1S/C14H17NOS/c1-14(7-4-8-15-14)12-9-10-5-3-6-11(16-2)13(10)17-12/h3,5-6,9,15H,4,7-8H2,1-2H3. The molecule has 2 aromatic rings. The Bertz CT molecular complexity index is 540. The number of hydrogen-bond acceptors (Lipinski definition) is 3. The Morgan fingerprint density at radius 3 is 3.00 bits per heavy atom. The van der Waals surface area contributed by atoms with Crippen molar-refractivity contribution in [3.05, 3.63) is 29.1 Å². The summed E-state index contributed by atoms with van der Waals surface area (Å²) in [5.74, 6) is 0.986. The molecular formula is C14H17NOS. The Hall–Kier alpha value is -1.06. The maximum atomic E-state index is 5.43. The molecule has 17 heavy (non-hydrogen) atoms. The molecule has 1 aliphatic rings. The zero-order valence-electron chi connectivity index (χ0n) is 10.2. The molecule has 1 aliphatic heterocycles. The van der Waals surface area contributed by atoms with Crippen LogP contribution >= 0.6 is 11.3 Å². The van der Waals surface area contributed by atoms with E-state index in [1.54, 1.807) is 7.11 Å². The average Bonchev–Trinajstić information content (AvgIpc) is 2.95. The number of benzene rings is 1. The van der Waals surface area contributed by atoms with Crippen molar-refractivity contribution in [3.8, 4) is 5.75 Å². The van der Waals surface area contributed by atoms with Gasteiger partial charge in [-0.1, -0.05) is 12.1 Å². The third-order valence-electron chi connectivity index (χ3n) is 3.64. The van der Waals surface area contributed by atoms with E-state index in [9.17, 15) is 0 Å². The largest absolute Gasteiger partial charge is 0.495 e. The molecule has 0 saturated carbocycles. The molecule has 0 radical (unpaired) electrons. The first-order valence-corrected chi connectivity index (χ1v) is 6.87. The fraction of sp³-hybridized carbons (Fsp3) is 0.429. The normalized spacial score (nSPS) is 24.4. The first-order valence-electron chi connectivity index (χ1n) is 6.05. The van der Waals surface area contributed by atoms with E-state index in [2.05, 4.69) is 30.4 Å². The van der Waals surface area contributed by atoms with E-state index in [0.717, 1.165) is 12.3 Å². The van der Waals surface area contributed by atoms with Crippen molar-refractivity contribution < 1.29 is 4.74 Å². The van der Waals surface area contributed by atoms with Crippen LogP contribution < -0.4 is 10.1 Å². The summed E-state index contributed by atoms with van der Waals surface area (Å²) in [6.45, 7) is 3.43. The summed E-state index contributed by atoms with van der Waals surface area (Å²) >= 11 is 1.86. The zero-order chi connectivity index (χ0) is 11.9. The minimum atomic E-state index is 0.161. The van der Waals surface area contributed by atoms with E-state index in [1.807, 2.05) is 17.4 Å². The van der Waals surface area contributed by atoms with Gasteiger partial charge in [-0.3, -0.25) is 0 Å². The topological polar surface area (TPSA) is 21.3 Å². The van der Waals surface area contributed by atoms with E-state index < -0.39 is 0 Å². The highest BCUT2D eigenvalue weighted by atomic mass is 32.1. The van der Waals surface area contributed by atoms with Crippen LogP contribution in [0.1, 0.15) is 24.6 Å². The third kappa shape index (κ3) is 1.74. The van der Waals surface area contributed by atoms with E-state index in [1.165, 1.54) is 27.8 Å². The molecule has 1 unspecified atom stereocenters. The number of ether oxygens (including phenoxy) is 1. The molecule has 0 amide bonds. The van der Waals surface area contributed by atoms with Gasteiger partial charge in [0, 0.05) is 4.88 Å². The predicted molar refractivity (Wildman–Crippen MR) is 73.0 cm³/mol. The van der Waals surface area contributed by atoms with Gasteiger partial charge in [0.25, 0.3) is 0 Å². The lowest BCUT2D eigenvalue weighted by atomic mass is 9.98. The Kier molecular flexibility index (Phi) is 2.60. The first-order chi connectivity index (χ1) is 8.23. The first kappa shape index (κ1) is 11.1. The van der Waals surface area contributed by atoms with Gasteiger partial charge in [0.15, 0.2) is 0 Å². The van der Waals surface area contributed by atoms with E-state index >= 15 is 0 Å². The summed E-state index contributed by atoms with van der Waals surface area (Å²) in [7, 11) is 1.74. The summed E-state index contributed by atoms with van der Waals surface area (Å²) in [6, 6.07) is 8.56. The molecular weight excluding hydrogens is 230 g/mol. The van der Waals surface area contributed by atoms with Crippen molar-refractivity contribution in [2.24, 2.45) is 0 Å². The highest BCUT2D eigenvalue weighted by Gasteiger charge is 2.31. The van der Waals surface area contributed by atoms with E-state index in [4.69, 9.17) is 4.74 Å². The second-order valence-corrected chi connectivity index (χ2v) is 5.90. The quantitative estimate of drug-likeness (QED) is 0.877. The number of rotatable bonds is 2. The van der Waals surface area contributed by atoms with Crippen molar-refractivity contribution in [3.63, 3.8) is 0 Å². The molecule has 1 atom stereocenters. The third-order valence-corrected chi connectivity index (χ3v) is 5.07. The number of fused-ring (bicyclic) bond motifs is 1. The summed E-state index contributed by atoms with van der Waals surface area (Å²) in [5.41, 5.74) is 0.161. The predicted octanol–water partition coefficient (Wildman–Crippen LogP) is 3.51. The minimum absolute atomic E-state index is 0.161. The highest BCUT2D eigenvalue weighted by Crippen LogP contribution is 2.41. The van der Waals surface area contributed by atoms with Gasteiger partial charge >= 0.3 is 0 Å². The summed E-state index contributed by atoms with van der Waals surface area (Å²) in [5, 5.41) is 4.91. The Labute approximate surface area is 106 Å². The summed E-state index contributed by atoms with van der Waals surface area (Å²) < 4.78 is 6.69. The number of thiophene rings is 1. The van der Waals surface area contributed by atoms with Crippen LogP contribution in [0.15, 0.2) is 24.3 Å². The van der Waals surface area contributed by atoms with E-state index in [-0.39, 0.29) is 5.54 Å². The molecule has 2 nitrogen and oxygen atoms in total. The maximum Gasteiger partial charge on any atom is 0.136 e. The number of methoxy groups -OCH3 is 1. The van der Waals surface area contributed by atoms with Gasteiger partial charge in [0.1, 0.15) is 5.75 Å². The van der Waals surface area contributed by atoms with Gasteiger partial charge in [0.05, 0.1) is 17.3 Å². The summed E-state index contributed by atoms with van der Waals surface area (Å²) in [6.07, 6.45) is 2.49. The Morgan fingerprint density at radius 2 is 2.29 bits per heavy atom. The van der Waals surface area contributed by atoms with Crippen LogP contribution in [-0.2, 0) is 5.54 Å². The van der Waals surface area contributed by atoms with E-state index in [0.29, 0.717) is 0 Å². The SMILES string of the molecule is COc1cccc2cc(C3(C)CCCN3)sc12. The van der Waals surface area contributed by atoms with Crippen LogP contribution in [0.25, 0.3) is 10.1 Å². The smallest absolute Gasteiger partial charge is 0.136 e. The molecule has 1 aromatic carbocycles. The van der Waals surface area contributed by atoms with Crippen molar-refractivity contribution in [1.82, 2.24) is 5.32 Å². The molecule has 0 aliphatic carbocycles. The molecule has 1 saturated heterocycles. The van der Waals surface area contributed by atoms with Gasteiger partial charge in [-0.15, -0.1) is 11.3 Å². The number of hydrogen-bond donors (Lipinski definition) is 1. The maximum absolute atomic E-state index is 5.43. The lowest BCUT2D eigenvalue weighted by molar-refractivity contribution is 0.420. The van der Waals surface area contributed by atoms with Crippen LogP contribution in [0.5, 0.6) is 5.75 Å². The van der Waals surface area contributed by atoms with Crippen LogP contribution in [0, 0.1) is 0 Å². The lowest BCUT2D eigenvalue weighted by Crippen LogP contribution is -2.31. The zero-order valence-corrected chi connectivity index (χ0v) is 11.1. The van der Waals surface area contributed by atoms with Gasteiger partial charge in [-0.05, 0) is 43.8 Å². The molecule has 1 aromatic heterocycles. The van der Waals surface area contributed by atoms with Crippen molar-refractivity contribution in [2.45, 2.75) is 25.3 Å². The van der Waals surface area contributed by atoms with Crippen LogP contribution in [0.2, 0.25) is 0 Å². The molecule has 0 spiro atoms. The molecule has 1 fully saturated rings. The molecule has 3 heteroatoms. The van der Waals surface area contributed by atoms with Crippen LogP contribution in [0.4, 0.5) is 0 Å². The van der Waals surface area contributed by atoms with Crippen LogP contribution in [-0.4, -0.2) is 13.7 Å².